The number of hydrogen-bond donors (Lipinski definition) is 1. The molecule has 0 heterocycles. The Morgan fingerprint density at radius 3 is 2.38 bits per heavy atom. The lowest BCUT2D eigenvalue weighted by Crippen LogP contribution is -2.47. The Kier molecular flexibility index (Phi) is 11.8. The number of anilines is 1. The molecule has 1 N–H and O–H groups in total. The van der Waals surface area contributed by atoms with Gasteiger partial charge >= 0.3 is 18.0 Å². The van der Waals surface area contributed by atoms with Crippen molar-refractivity contribution in [1.29, 1.82) is 0 Å². The lowest BCUT2D eigenvalue weighted by molar-refractivity contribution is -0.146. The average Bonchev–Trinajstić information content (AvgIpc) is 3.47. The molecule has 5 rings (SSSR count). The Bertz CT molecular complexity index is 1840. The van der Waals surface area contributed by atoms with E-state index in [1.807, 2.05) is 42.7 Å². The van der Waals surface area contributed by atoms with Gasteiger partial charge in [-0.05, 0) is 71.4 Å². The summed E-state index contributed by atoms with van der Waals surface area (Å²) in [6.45, 7) is -0.480. The number of carbonyl (C=O) groups is 3. The minimum Gasteiger partial charge on any atom is -0.492 e. The summed E-state index contributed by atoms with van der Waals surface area (Å²) < 4.78 is 17.0. The van der Waals surface area contributed by atoms with Gasteiger partial charge in [0.2, 0.25) is 0 Å². The molecule has 4 aromatic carbocycles. The average molecular weight is 729 g/mol. The second kappa shape index (κ2) is 16.0. The zero-order chi connectivity index (χ0) is 34.4. The van der Waals surface area contributed by atoms with Gasteiger partial charge in [-0.2, -0.15) is 11.8 Å². The van der Waals surface area contributed by atoms with Crippen LogP contribution in [0.3, 0.4) is 0 Å². The molecule has 0 spiro atoms. The Labute approximate surface area is 297 Å². The molecule has 48 heavy (non-hydrogen) atoms. The maximum absolute atomic E-state index is 13.9. The second-order valence-corrected chi connectivity index (χ2v) is 13.2. The molecule has 2 unspecified atom stereocenters. The van der Waals surface area contributed by atoms with E-state index in [0.717, 1.165) is 22.3 Å². The van der Waals surface area contributed by atoms with Gasteiger partial charge in [-0.1, -0.05) is 89.4 Å². The predicted molar refractivity (Wildman–Crippen MR) is 190 cm³/mol. The van der Waals surface area contributed by atoms with Gasteiger partial charge in [0, 0.05) is 16.1 Å². The molecular weight excluding hydrogens is 697 g/mol. The van der Waals surface area contributed by atoms with Crippen LogP contribution in [0.5, 0.6) is 5.75 Å². The first kappa shape index (κ1) is 35.4. The normalized spacial score (nSPS) is 12.8. The van der Waals surface area contributed by atoms with Gasteiger partial charge in [-0.25, -0.2) is 9.59 Å². The SMILES string of the molecule is COC(=O)N(c1cccc2c1-c1ccccc1C2)C(CCSC)C(=O)OCc1ccccc1OCC(C(=O)O)c1cc(Cl)c(Cl)cc1Cl. The Balaban J connectivity index is 1.39. The molecule has 1 aliphatic rings. The maximum Gasteiger partial charge on any atom is 0.414 e. The fraction of sp³-hybridized carbons (Fsp3) is 0.250. The third-order valence-electron chi connectivity index (χ3n) is 8.07. The molecule has 4 aromatic rings. The number of carbonyl (C=O) groups excluding carboxylic acids is 2. The summed E-state index contributed by atoms with van der Waals surface area (Å²) in [5.74, 6) is -2.07. The minimum absolute atomic E-state index is 0.140. The first-order valence-corrected chi connectivity index (χ1v) is 17.5. The molecule has 1 aliphatic carbocycles. The molecule has 8 nitrogen and oxygen atoms in total. The van der Waals surface area contributed by atoms with Crippen LogP contribution in [0.25, 0.3) is 11.1 Å². The van der Waals surface area contributed by atoms with Crippen molar-refractivity contribution in [2.75, 3.05) is 30.6 Å². The highest BCUT2D eigenvalue weighted by molar-refractivity contribution is 7.98. The zero-order valence-corrected chi connectivity index (χ0v) is 29.2. The first-order chi connectivity index (χ1) is 23.1. The fourth-order valence-electron chi connectivity index (χ4n) is 5.72. The number of rotatable bonds is 13. The van der Waals surface area contributed by atoms with E-state index < -0.39 is 30.0 Å². The number of para-hydroxylation sites is 1. The van der Waals surface area contributed by atoms with Crippen molar-refractivity contribution >= 4 is 70.3 Å². The van der Waals surface area contributed by atoms with Crippen molar-refractivity contribution in [3.63, 3.8) is 0 Å². The summed E-state index contributed by atoms with van der Waals surface area (Å²) in [5.41, 5.74) is 5.38. The third-order valence-corrected chi connectivity index (χ3v) is 9.76. The third kappa shape index (κ3) is 7.70. The molecule has 250 valence electrons. The smallest absolute Gasteiger partial charge is 0.414 e. The number of amides is 1. The van der Waals surface area contributed by atoms with E-state index in [0.29, 0.717) is 35.6 Å². The molecule has 0 saturated carbocycles. The Morgan fingerprint density at radius 2 is 1.62 bits per heavy atom. The van der Waals surface area contributed by atoms with Crippen molar-refractivity contribution in [3.05, 3.63) is 116 Å². The van der Waals surface area contributed by atoms with Crippen LogP contribution >= 0.6 is 46.6 Å². The van der Waals surface area contributed by atoms with Crippen LogP contribution in [-0.4, -0.2) is 54.9 Å². The van der Waals surface area contributed by atoms with Crippen molar-refractivity contribution < 1.29 is 33.7 Å². The zero-order valence-electron chi connectivity index (χ0n) is 26.1. The van der Waals surface area contributed by atoms with Gasteiger partial charge < -0.3 is 19.3 Å². The van der Waals surface area contributed by atoms with Gasteiger partial charge in [0.05, 0.1) is 22.8 Å². The van der Waals surface area contributed by atoms with Gasteiger partial charge in [-0.3, -0.25) is 9.69 Å². The van der Waals surface area contributed by atoms with E-state index in [1.165, 1.54) is 24.1 Å². The van der Waals surface area contributed by atoms with E-state index in [1.54, 1.807) is 36.0 Å². The van der Waals surface area contributed by atoms with E-state index in [4.69, 9.17) is 49.0 Å². The van der Waals surface area contributed by atoms with Crippen molar-refractivity contribution in [3.8, 4) is 16.9 Å². The van der Waals surface area contributed by atoms with Gasteiger partial charge in [-0.15, -0.1) is 0 Å². The maximum atomic E-state index is 13.9. The number of thioether (sulfide) groups is 1. The van der Waals surface area contributed by atoms with E-state index in [9.17, 15) is 19.5 Å². The van der Waals surface area contributed by atoms with Crippen LogP contribution in [0.2, 0.25) is 15.1 Å². The number of ether oxygens (including phenoxy) is 3. The number of nitrogens with zero attached hydrogens (tertiary/aromatic N) is 1. The predicted octanol–water partition coefficient (Wildman–Crippen LogP) is 8.90. The number of fused-ring (bicyclic) bond motifs is 3. The standard InChI is InChI=1S/C36H32Cl3NO7S/c1-45-36(44)40(30-12-7-10-22-16-21-8-3-5-11-24(21)33(22)30)31(14-15-48-2)35(43)47-19-23-9-4-6-13-32(23)46-20-26(34(41)42)25-17-28(38)29(39)18-27(25)37/h3-13,17-18,26,31H,14-16,19-20H2,1-2H3,(H,41,42). The van der Waals surface area contributed by atoms with Gasteiger partial charge in [0.15, 0.2) is 0 Å². The molecule has 12 heteroatoms. The largest absolute Gasteiger partial charge is 0.492 e. The highest BCUT2D eigenvalue weighted by atomic mass is 35.5. The molecule has 0 aliphatic heterocycles. The number of benzene rings is 4. The summed E-state index contributed by atoms with van der Waals surface area (Å²) in [6.07, 6.45) is 2.26. The molecule has 0 bridgehead atoms. The number of halogens is 3. The molecule has 0 fully saturated rings. The van der Waals surface area contributed by atoms with E-state index in [2.05, 4.69) is 6.07 Å². The lowest BCUT2D eigenvalue weighted by atomic mass is 10.00. The number of carboxylic acid groups (broad SMARTS) is 1. The van der Waals surface area contributed by atoms with Crippen molar-refractivity contribution in [2.45, 2.75) is 31.4 Å². The van der Waals surface area contributed by atoms with Crippen LogP contribution in [-0.2, 0) is 32.1 Å². The molecular formula is C36H32Cl3NO7S. The number of esters is 1. The molecule has 1 amide bonds. The summed E-state index contributed by atoms with van der Waals surface area (Å²) >= 11 is 20.0. The van der Waals surface area contributed by atoms with Crippen LogP contribution < -0.4 is 9.64 Å². The highest BCUT2D eigenvalue weighted by Gasteiger charge is 2.36. The molecule has 0 saturated heterocycles. The van der Waals surface area contributed by atoms with E-state index in [-0.39, 0.29) is 33.8 Å². The minimum atomic E-state index is -1.17. The number of carboxylic acids is 1. The monoisotopic (exact) mass is 727 g/mol. The summed E-state index contributed by atoms with van der Waals surface area (Å²) in [6, 6.07) is 22.3. The molecule has 2 atom stereocenters. The highest BCUT2D eigenvalue weighted by Crippen LogP contribution is 2.44. The van der Waals surface area contributed by atoms with Crippen molar-refractivity contribution in [1.82, 2.24) is 0 Å². The number of aliphatic carboxylic acids is 1. The lowest BCUT2D eigenvalue weighted by Gasteiger charge is -2.31. The fourth-order valence-corrected chi connectivity index (χ4v) is 6.87. The van der Waals surface area contributed by atoms with Crippen molar-refractivity contribution in [2.24, 2.45) is 0 Å². The Morgan fingerprint density at radius 1 is 0.917 bits per heavy atom. The van der Waals surface area contributed by atoms with Crippen LogP contribution in [0, 0.1) is 0 Å². The summed E-state index contributed by atoms with van der Waals surface area (Å²) in [4.78, 5) is 40.9. The summed E-state index contributed by atoms with van der Waals surface area (Å²) in [7, 11) is 1.28. The van der Waals surface area contributed by atoms with E-state index >= 15 is 0 Å². The van der Waals surface area contributed by atoms with Gasteiger partial charge in [0.25, 0.3) is 0 Å². The number of hydrogen-bond acceptors (Lipinski definition) is 7. The molecule has 0 aromatic heterocycles. The summed E-state index contributed by atoms with van der Waals surface area (Å²) in [5, 5.41) is 10.5. The molecule has 0 radical (unpaired) electrons. The first-order valence-electron chi connectivity index (χ1n) is 14.9. The van der Waals surface area contributed by atoms with Crippen LogP contribution in [0.15, 0.2) is 78.9 Å². The quantitative estimate of drug-likeness (QED) is 0.0948. The van der Waals surface area contributed by atoms with Gasteiger partial charge in [0.1, 0.15) is 30.9 Å². The van der Waals surface area contributed by atoms with Crippen LogP contribution in [0.4, 0.5) is 10.5 Å². The number of methoxy groups -OCH3 is 1. The Hall–Kier alpha value is -3.89. The van der Waals surface area contributed by atoms with Crippen LogP contribution in [0.1, 0.15) is 34.6 Å². The second-order valence-electron chi connectivity index (χ2n) is 11.0. The topological polar surface area (TPSA) is 102 Å².